The number of ether oxygens (including phenoxy) is 2. The van der Waals surface area contributed by atoms with Gasteiger partial charge in [-0.25, -0.2) is 4.79 Å². The maximum Gasteiger partial charge on any atom is 0.337 e. The van der Waals surface area contributed by atoms with Crippen LogP contribution in [0.1, 0.15) is 102 Å². The van der Waals surface area contributed by atoms with Crippen LogP contribution in [0.5, 0.6) is 0 Å². The molecule has 0 aromatic heterocycles. The van der Waals surface area contributed by atoms with E-state index in [4.69, 9.17) is 18.3 Å². The summed E-state index contributed by atoms with van der Waals surface area (Å²) in [5, 5.41) is 11.2. The van der Waals surface area contributed by atoms with Gasteiger partial charge in [0.2, 0.25) is 8.32 Å². The normalized spacial score (nSPS) is 38.5. The molecule has 2 heterocycles. The van der Waals surface area contributed by atoms with Gasteiger partial charge in [0, 0.05) is 29.2 Å². The van der Waals surface area contributed by atoms with Crippen molar-refractivity contribution in [1.29, 1.82) is 0 Å². The van der Waals surface area contributed by atoms with Crippen LogP contribution in [0.15, 0.2) is 35.1 Å². The van der Waals surface area contributed by atoms with Crippen LogP contribution in [0.25, 0.3) is 0 Å². The molecule has 1 N–H and O–H groups in total. The van der Waals surface area contributed by atoms with Crippen LogP contribution < -0.4 is 0 Å². The van der Waals surface area contributed by atoms with Crippen molar-refractivity contribution < 1.29 is 28.2 Å². The molecule has 3 fully saturated rings. The molecule has 0 amide bonds. The van der Waals surface area contributed by atoms with Crippen LogP contribution in [0, 0.1) is 41.4 Å². The Labute approximate surface area is 294 Å². The second-order valence-corrected chi connectivity index (χ2v) is 29.1. The van der Waals surface area contributed by atoms with Crippen molar-refractivity contribution in [3.05, 3.63) is 35.1 Å². The summed E-state index contributed by atoms with van der Waals surface area (Å²) in [5.41, 5.74) is 3.45. The number of allylic oxidation sites excluding steroid dienone is 1. The summed E-state index contributed by atoms with van der Waals surface area (Å²) in [4.78, 5) is 14.0. The number of aliphatic hydroxyl groups is 1. The summed E-state index contributed by atoms with van der Waals surface area (Å²) in [6.45, 7) is 37.3. The van der Waals surface area contributed by atoms with Gasteiger partial charge in [0.05, 0.1) is 31.0 Å². The molecule has 2 saturated carbocycles. The molecule has 11 atom stereocenters. The molecule has 0 spiro atoms. The molecule has 1 saturated heterocycles. The minimum Gasteiger partial charge on any atom is -0.486 e. The predicted octanol–water partition coefficient (Wildman–Crippen LogP) is 9.57. The number of carbonyl (C=O) groups excluding carboxylic acids is 1. The quantitative estimate of drug-likeness (QED) is 0.155. The minimum atomic E-state index is -2.23. The molecule has 272 valence electrons. The van der Waals surface area contributed by atoms with E-state index in [1.807, 2.05) is 0 Å². The summed E-state index contributed by atoms with van der Waals surface area (Å²) in [6.07, 6.45) is 4.13. The van der Waals surface area contributed by atoms with E-state index in [0.29, 0.717) is 45.9 Å². The lowest BCUT2D eigenvalue weighted by molar-refractivity contribution is -0.140. The molecule has 2 bridgehead atoms. The average molecular weight is 701 g/mol. The molecular weight excluding hydrogens is 633 g/mol. The highest BCUT2D eigenvalue weighted by Crippen LogP contribution is 2.67. The Morgan fingerprint density at radius 3 is 2.15 bits per heavy atom. The van der Waals surface area contributed by atoms with E-state index < -0.39 is 28.3 Å². The SMILES string of the molecule is C=C1C2=C(C(=O)OC)[C@H]3[C@@H]4[C@@H]5[C@@H](C=C(C)[C@@H]4C[C@H]3[C@](C)(CC[C@H]1O)O2)[C@@H](O[Si](C(C)C)(C(C)C)C(C)C)[C@H](C)[C@H]5O[Si](C)(C)C(C)(C)C. The van der Waals surface area contributed by atoms with Crippen LogP contribution >= 0.6 is 0 Å². The van der Waals surface area contributed by atoms with Crippen LogP contribution in [0.4, 0.5) is 0 Å². The zero-order valence-electron chi connectivity index (χ0n) is 32.9. The monoisotopic (exact) mass is 700 g/mol. The first-order chi connectivity index (χ1) is 22.1. The lowest BCUT2D eigenvalue weighted by Gasteiger charge is -2.49. The lowest BCUT2D eigenvalue weighted by atomic mass is 9.63. The Hall–Kier alpha value is -1.20. The van der Waals surface area contributed by atoms with Gasteiger partial charge in [0.1, 0.15) is 11.4 Å². The number of hydrogen-bond acceptors (Lipinski definition) is 6. The molecule has 0 aromatic carbocycles. The number of methoxy groups -OCH3 is 1. The van der Waals surface area contributed by atoms with E-state index in [9.17, 15) is 9.90 Å². The fraction of sp³-hybridized carbons (Fsp3) is 0.825. The highest BCUT2D eigenvalue weighted by atomic mass is 28.4. The number of fused-ring (bicyclic) bond motifs is 8. The van der Waals surface area contributed by atoms with Crippen molar-refractivity contribution in [3.63, 3.8) is 0 Å². The van der Waals surface area contributed by atoms with Crippen molar-refractivity contribution in [2.24, 2.45) is 41.4 Å². The first kappa shape index (κ1) is 38.0. The van der Waals surface area contributed by atoms with Crippen molar-refractivity contribution in [3.8, 4) is 0 Å². The number of carbonyl (C=O) groups is 1. The highest BCUT2D eigenvalue weighted by molar-refractivity contribution is 6.77. The second kappa shape index (κ2) is 12.8. The fourth-order valence-electron chi connectivity index (χ4n) is 11.2. The van der Waals surface area contributed by atoms with Crippen molar-refractivity contribution in [2.45, 2.75) is 161 Å². The maximum atomic E-state index is 14.0. The summed E-state index contributed by atoms with van der Waals surface area (Å²) < 4.78 is 27.8. The third-order valence-corrected chi connectivity index (χ3v) is 25.1. The van der Waals surface area contributed by atoms with E-state index >= 15 is 0 Å². The molecule has 5 rings (SSSR count). The molecule has 0 unspecified atom stereocenters. The molecule has 0 radical (unpaired) electrons. The molecule has 2 aliphatic heterocycles. The molecule has 6 nitrogen and oxygen atoms in total. The Balaban J connectivity index is 1.73. The second-order valence-electron chi connectivity index (χ2n) is 18.9. The number of aliphatic hydroxyl groups excluding tert-OH is 1. The van der Waals surface area contributed by atoms with Crippen molar-refractivity contribution in [1.82, 2.24) is 0 Å². The number of esters is 1. The van der Waals surface area contributed by atoms with Crippen LogP contribution in [-0.2, 0) is 23.1 Å². The van der Waals surface area contributed by atoms with Crippen LogP contribution in [0.3, 0.4) is 0 Å². The van der Waals surface area contributed by atoms with E-state index in [2.05, 4.69) is 109 Å². The molecule has 48 heavy (non-hydrogen) atoms. The van der Waals surface area contributed by atoms with E-state index in [0.717, 1.165) is 12.8 Å². The van der Waals surface area contributed by atoms with Crippen molar-refractivity contribution >= 4 is 22.6 Å². The van der Waals surface area contributed by atoms with Gasteiger partial charge in [-0.3, -0.25) is 0 Å². The van der Waals surface area contributed by atoms with Crippen LogP contribution in [-0.4, -0.2) is 58.7 Å². The third kappa shape index (κ3) is 5.70. The zero-order chi connectivity index (χ0) is 36.0. The standard InChI is InChI=1S/C40H68O6Si2/c1-21(2)48(22(3)4,23(5)6)46-35-26(9)37(45-47(15,16)39(10,11)12)32-28(35)19-24(7)27-20-29-33(31(27)32)34(38(42)43-14)36-25(8)30(41)17-18-40(29,13)44-36/h19,21-23,26-33,35,37,41H,8,17-18,20H2,1-7,9-16H3/t26-,27-,28+,29+,30+,31-,32-,33+,35-,37+,40-/m0/s1. The number of hydrogen-bond donors (Lipinski definition) is 1. The molecule has 5 aliphatic rings. The summed E-state index contributed by atoms with van der Waals surface area (Å²) in [5.74, 6) is 1.20. The average Bonchev–Trinajstić information content (AvgIpc) is 3.46. The van der Waals surface area contributed by atoms with Gasteiger partial charge in [0.25, 0.3) is 0 Å². The highest BCUT2D eigenvalue weighted by Gasteiger charge is 2.67. The fourth-order valence-corrected chi connectivity index (χ4v) is 18.2. The minimum absolute atomic E-state index is 0.00467. The molecule has 8 heteroatoms. The van der Waals surface area contributed by atoms with Gasteiger partial charge < -0.3 is 23.4 Å². The van der Waals surface area contributed by atoms with Gasteiger partial charge in [-0.05, 0) is 85.6 Å². The van der Waals surface area contributed by atoms with E-state index in [1.54, 1.807) is 0 Å². The van der Waals surface area contributed by atoms with E-state index in [1.165, 1.54) is 12.7 Å². The van der Waals surface area contributed by atoms with Crippen LogP contribution in [0.2, 0.25) is 34.8 Å². The Morgan fingerprint density at radius 2 is 1.62 bits per heavy atom. The number of rotatable bonds is 8. The first-order valence-electron chi connectivity index (χ1n) is 19.0. The maximum absolute atomic E-state index is 14.0. The Bertz CT molecular complexity index is 1320. The van der Waals surface area contributed by atoms with Gasteiger partial charge in [-0.1, -0.05) is 87.5 Å². The predicted molar refractivity (Wildman–Crippen MR) is 199 cm³/mol. The lowest BCUT2D eigenvalue weighted by Crippen LogP contribution is -2.52. The van der Waals surface area contributed by atoms with Gasteiger partial charge in [-0.15, -0.1) is 0 Å². The smallest absolute Gasteiger partial charge is 0.337 e. The first-order valence-corrected chi connectivity index (χ1v) is 24.0. The summed E-state index contributed by atoms with van der Waals surface area (Å²) >= 11 is 0. The van der Waals surface area contributed by atoms with Gasteiger partial charge in [0.15, 0.2) is 8.32 Å². The Morgan fingerprint density at radius 1 is 1.04 bits per heavy atom. The van der Waals surface area contributed by atoms with Crippen molar-refractivity contribution in [2.75, 3.05) is 7.11 Å². The zero-order valence-corrected chi connectivity index (χ0v) is 34.9. The largest absolute Gasteiger partial charge is 0.486 e. The topological polar surface area (TPSA) is 74.2 Å². The van der Waals surface area contributed by atoms with Gasteiger partial charge >= 0.3 is 5.97 Å². The summed E-state index contributed by atoms with van der Waals surface area (Å²) in [6, 6.07) is 0. The van der Waals surface area contributed by atoms with E-state index in [-0.39, 0.29) is 58.7 Å². The third-order valence-electron chi connectivity index (χ3n) is 14.5. The molecule has 3 aliphatic carbocycles. The molecule has 0 aromatic rings. The molecular formula is C40H68O6Si2. The Kier molecular flexibility index (Phi) is 10.1. The van der Waals surface area contributed by atoms with Gasteiger partial charge in [-0.2, -0.15) is 0 Å². The summed E-state index contributed by atoms with van der Waals surface area (Å²) in [7, 11) is -2.96.